The molecule has 2 amide bonds. The molecular weight excluding hydrogens is 278 g/mol. The van der Waals surface area contributed by atoms with Gasteiger partial charge >= 0.3 is 0 Å². The van der Waals surface area contributed by atoms with Crippen molar-refractivity contribution in [2.75, 3.05) is 5.75 Å². The van der Waals surface area contributed by atoms with Crippen LogP contribution in [0.1, 0.15) is 26.2 Å². The van der Waals surface area contributed by atoms with Gasteiger partial charge in [0.1, 0.15) is 6.04 Å². The zero-order chi connectivity index (χ0) is 14.9. The number of hydrogen-bond acceptors (Lipinski definition) is 5. The van der Waals surface area contributed by atoms with Crippen molar-refractivity contribution in [3.05, 3.63) is 12.3 Å². The summed E-state index contributed by atoms with van der Waals surface area (Å²) >= 11 is 1.63. The fraction of sp³-hybridized carbons (Fsp3) is 0.692. The van der Waals surface area contributed by atoms with Gasteiger partial charge in [-0.25, -0.2) is 0 Å². The summed E-state index contributed by atoms with van der Waals surface area (Å²) < 4.78 is 0. The molecule has 2 fully saturated rings. The van der Waals surface area contributed by atoms with Crippen LogP contribution < -0.4 is 11.1 Å². The molecule has 0 radical (unpaired) electrons. The lowest BCUT2D eigenvalue weighted by Crippen LogP contribution is -2.57. The third kappa shape index (κ3) is 3.09. The van der Waals surface area contributed by atoms with E-state index in [9.17, 15) is 9.59 Å². The van der Waals surface area contributed by atoms with E-state index in [0.29, 0.717) is 18.6 Å². The van der Waals surface area contributed by atoms with E-state index in [0.717, 1.165) is 6.42 Å². The predicted octanol–water partition coefficient (Wildman–Crippen LogP) is 0.344. The number of carbonyl (C=O) groups is 2. The molecule has 4 N–H and O–H groups in total. The molecular formula is C13H21N3O3S. The quantitative estimate of drug-likeness (QED) is 0.651. The number of carbonyl (C=O) groups excluding carboxylic acids is 2. The van der Waals surface area contributed by atoms with Crippen molar-refractivity contribution in [1.82, 2.24) is 10.2 Å². The molecule has 4 atom stereocenters. The largest absolute Gasteiger partial charge is 0.513 e. The topological polar surface area (TPSA) is 95.7 Å². The molecule has 20 heavy (non-hydrogen) atoms. The molecule has 2 saturated heterocycles. The molecule has 0 saturated carbocycles. The van der Waals surface area contributed by atoms with Crippen LogP contribution in [0.25, 0.3) is 0 Å². The van der Waals surface area contributed by atoms with Gasteiger partial charge in [0.25, 0.3) is 0 Å². The van der Waals surface area contributed by atoms with Gasteiger partial charge in [0.15, 0.2) is 0 Å². The average molecular weight is 299 g/mol. The molecule has 0 spiro atoms. The van der Waals surface area contributed by atoms with Gasteiger partial charge < -0.3 is 21.1 Å². The maximum atomic E-state index is 12.3. The van der Waals surface area contributed by atoms with E-state index in [1.54, 1.807) is 23.6 Å². The second kappa shape index (κ2) is 6.05. The lowest BCUT2D eigenvalue weighted by molar-refractivity contribution is -0.143. The van der Waals surface area contributed by atoms with Crippen LogP contribution in [0.4, 0.5) is 0 Å². The minimum atomic E-state index is -0.491. The fourth-order valence-corrected chi connectivity index (χ4v) is 4.09. The first-order chi connectivity index (χ1) is 9.40. The van der Waals surface area contributed by atoms with Gasteiger partial charge in [0.05, 0.1) is 17.2 Å². The van der Waals surface area contributed by atoms with Crippen LogP contribution in [0, 0.1) is 0 Å². The molecule has 2 rings (SSSR count). The van der Waals surface area contributed by atoms with E-state index in [-0.39, 0.29) is 29.0 Å². The third-order valence-electron chi connectivity index (χ3n) is 3.62. The summed E-state index contributed by atoms with van der Waals surface area (Å²) in [6.45, 7) is 5.20. The zero-order valence-corrected chi connectivity index (χ0v) is 12.4. The second-order valence-electron chi connectivity index (χ2n) is 5.41. The smallest absolute Gasteiger partial charge is 0.243 e. The van der Waals surface area contributed by atoms with E-state index in [2.05, 4.69) is 11.9 Å². The molecule has 0 aromatic heterocycles. The molecule has 7 heteroatoms. The zero-order valence-electron chi connectivity index (χ0n) is 11.5. The highest BCUT2D eigenvalue weighted by molar-refractivity contribution is 8.00. The normalized spacial score (nSPS) is 30.8. The Hall–Kier alpha value is -1.21. The molecule has 2 aliphatic rings. The molecule has 2 unspecified atom stereocenters. The lowest BCUT2D eigenvalue weighted by atomic mass is 10.0. The van der Waals surface area contributed by atoms with Crippen molar-refractivity contribution in [1.29, 1.82) is 0 Å². The van der Waals surface area contributed by atoms with Gasteiger partial charge in [-0.05, 0) is 19.8 Å². The number of nitrogens with one attached hydrogen (secondary N) is 1. The standard InChI is InChI=1S/C13H21N3O3S/c1-7(5-8(2)17)15-12(18)10-6-20-11-4-3-9(14)13(19)16(10)11/h7,9-11,17H,2-6,14H2,1H3,(H,15,18)/t7-,9+,10?,11?/m1/s1. The number of amides is 2. The molecule has 6 nitrogen and oxygen atoms in total. The number of nitrogens with zero attached hydrogens (tertiary/aromatic N) is 1. The van der Waals surface area contributed by atoms with E-state index < -0.39 is 12.1 Å². The first-order valence-electron chi connectivity index (χ1n) is 6.76. The number of nitrogens with two attached hydrogens (primary N) is 1. The molecule has 112 valence electrons. The van der Waals surface area contributed by atoms with E-state index in [4.69, 9.17) is 10.8 Å². The van der Waals surface area contributed by atoms with Gasteiger partial charge in [-0.1, -0.05) is 6.58 Å². The number of aliphatic hydroxyl groups is 1. The summed E-state index contributed by atoms with van der Waals surface area (Å²) in [6.07, 6.45) is 1.83. The van der Waals surface area contributed by atoms with Gasteiger partial charge in [-0.15, -0.1) is 11.8 Å². The highest BCUT2D eigenvalue weighted by Crippen LogP contribution is 2.36. The Bertz CT molecular complexity index is 429. The summed E-state index contributed by atoms with van der Waals surface area (Å²) in [5, 5.41) is 12.0. The molecule has 0 aliphatic carbocycles. The van der Waals surface area contributed by atoms with E-state index in [1.165, 1.54) is 0 Å². The highest BCUT2D eigenvalue weighted by Gasteiger charge is 2.45. The Balaban J connectivity index is 1.99. The van der Waals surface area contributed by atoms with E-state index >= 15 is 0 Å². The van der Waals surface area contributed by atoms with Crippen LogP contribution in [-0.4, -0.2) is 51.1 Å². The number of hydrogen-bond donors (Lipinski definition) is 3. The van der Waals surface area contributed by atoms with Crippen LogP contribution >= 0.6 is 11.8 Å². The van der Waals surface area contributed by atoms with Crippen molar-refractivity contribution < 1.29 is 14.7 Å². The first kappa shape index (κ1) is 15.2. The highest BCUT2D eigenvalue weighted by atomic mass is 32.2. The van der Waals surface area contributed by atoms with Crippen LogP contribution in [0.5, 0.6) is 0 Å². The van der Waals surface area contributed by atoms with Crippen molar-refractivity contribution in [3.8, 4) is 0 Å². The molecule has 2 heterocycles. The second-order valence-corrected chi connectivity index (χ2v) is 6.62. The minimum Gasteiger partial charge on any atom is -0.513 e. The summed E-state index contributed by atoms with van der Waals surface area (Å²) in [6, 6.07) is -1.16. The Morgan fingerprint density at radius 1 is 1.65 bits per heavy atom. The summed E-state index contributed by atoms with van der Waals surface area (Å²) in [4.78, 5) is 26.0. The number of piperidine rings is 1. The molecule has 0 aromatic rings. The van der Waals surface area contributed by atoms with Crippen molar-refractivity contribution in [2.45, 2.75) is 49.7 Å². The van der Waals surface area contributed by atoms with Crippen molar-refractivity contribution in [2.24, 2.45) is 5.73 Å². The average Bonchev–Trinajstić information content (AvgIpc) is 2.77. The SMILES string of the molecule is C=C(O)C[C@@H](C)NC(=O)C1CSC2CC[C@H](N)C(=O)N21. The Morgan fingerprint density at radius 3 is 3.00 bits per heavy atom. The Kier molecular flexibility index (Phi) is 4.59. The number of thioether (sulfide) groups is 1. The summed E-state index contributed by atoms with van der Waals surface area (Å²) in [5.41, 5.74) is 5.79. The Labute approximate surface area is 122 Å². The Morgan fingerprint density at radius 2 is 2.35 bits per heavy atom. The minimum absolute atomic E-state index is 0.0348. The number of fused-ring (bicyclic) bond motifs is 1. The van der Waals surface area contributed by atoms with E-state index in [1.807, 2.05) is 0 Å². The maximum Gasteiger partial charge on any atom is 0.243 e. The van der Waals surface area contributed by atoms with Gasteiger partial charge in [0, 0.05) is 18.2 Å². The van der Waals surface area contributed by atoms with Gasteiger partial charge in [-0.2, -0.15) is 0 Å². The van der Waals surface area contributed by atoms with Crippen LogP contribution in [0.2, 0.25) is 0 Å². The van der Waals surface area contributed by atoms with Crippen LogP contribution in [0.3, 0.4) is 0 Å². The van der Waals surface area contributed by atoms with Crippen LogP contribution in [-0.2, 0) is 9.59 Å². The molecule has 0 bridgehead atoms. The lowest BCUT2D eigenvalue weighted by Gasteiger charge is -2.35. The molecule has 2 aliphatic heterocycles. The first-order valence-corrected chi connectivity index (χ1v) is 7.81. The fourth-order valence-electron chi connectivity index (χ4n) is 2.66. The summed E-state index contributed by atoms with van der Waals surface area (Å²) in [7, 11) is 0. The maximum absolute atomic E-state index is 12.3. The van der Waals surface area contributed by atoms with Crippen molar-refractivity contribution in [3.63, 3.8) is 0 Å². The number of aliphatic hydroxyl groups excluding tert-OH is 1. The van der Waals surface area contributed by atoms with Crippen LogP contribution in [0.15, 0.2) is 12.3 Å². The summed E-state index contributed by atoms with van der Waals surface area (Å²) in [5.74, 6) is 0.316. The third-order valence-corrected chi connectivity index (χ3v) is 4.98. The predicted molar refractivity (Wildman–Crippen MR) is 78.1 cm³/mol. The number of rotatable bonds is 4. The molecule has 0 aromatic carbocycles. The van der Waals surface area contributed by atoms with Gasteiger partial charge in [-0.3, -0.25) is 9.59 Å². The van der Waals surface area contributed by atoms with Gasteiger partial charge in [0.2, 0.25) is 11.8 Å². The van der Waals surface area contributed by atoms with Crippen molar-refractivity contribution >= 4 is 23.6 Å². The monoisotopic (exact) mass is 299 g/mol.